The van der Waals surface area contributed by atoms with E-state index >= 15 is 0 Å². The van der Waals surface area contributed by atoms with E-state index in [1.165, 1.54) is 6.20 Å². The van der Waals surface area contributed by atoms with E-state index in [4.69, 9.17) is 11.6 Å². The zero-order valence-corrected chi connectivity index (χ0v) is 15.6. The Labute approximate surface area is 154 Å². The molecule has 0 spiro atoms. The van der Waals surface area contributed by atoms with Gasteiger partial charge in [0.05, 0.1) is 10.7 Å². The number of anilines is 2. The van der Waals surface area contributed by atoms with Crippen molar-refractivity contribution >= 4 is 43.8 Å². The fraction of sp³-hybridized carbons (Fsp3) is 0.400. The second kappa shape index (κ2) is 7.86. The largest absolute Gasteiger partial charge is 0.383 e. The maximum absolute atomic E-state index is 14.4. The van der Waals surface area contributed by atoms with Gasteiger partial charge in [0.25, 0.3) is 10.0 Å². The number of hydrogen-bond acceptors (Lipinski definition) is 6. The van der Waals surface area contributed by atoms with Gasteiger partial charge < -0.3 is 10.6 Å². The molecule has 2 aromatic rings. The lowest BCUT2D eigenvalue weighted by atomic mass is 10.00. The van der Waals surface area contributed by atoms with Crippen molar-refractivity contribution in [1.82, 2.24) is 10.3 Å². The van der Waals surface area contributed by atoms with Crippen molar-refractivity contribution in [2.45, 2.75) is 17.7 Å². The highest BCUT2D eigenvalue weighted by atomic mass is 35.5. The Balaban J connectivity index is 1.75. The highest BCUT2D eigenvalue weighted by Gasteiger charge is 2.23. The van der Waals surface area contributed by atoms with Crippen molar-refractivity contribution in [3.05, 3.63) is 34.5 Å². The van der Waals surface area contributed by atoms with Gasteiger partial charge in [0, 0.05) is 18.1 Å². The smallest absolute Gasteiger partial charge is 0.266 e. The number of piperidine rings is 1. The molecule has 0 saturated carbocycles. The van der Waals surface area contributed by atoms with Crippen LogP contribution in [0.3, 0.4) is 0 Å². The van der Waals surface area contributed by atoms with E-state index in [1.54, 1.807) is 5.38 Å². The number of hydrogen-bond donors (Lipinski definition) is 3. The van der Waals surface area contributed by atoms with Crippen LogP contribution in [-0.2, 0) is 10.0 Å². The predicted molar refractivity (Wildman–Crippen MR) is 98.4 cm³/mol. The number of benzene rings is 1. The summed E-state index contributed by atoms with van der Waals surface area (Å²) in [5.41, 5.74) is 0.387. The average Bonchev–Trinajstić information content (AvgIpc) is 3.08. The predicted octanol–water partition coefficient (Wildman–Crippen LogP) is 3.15. The molecular formula is C15H18ClFN4O2S2. The van der Waals surface area contributed by atoms with Gasteiger partial charge in [-0.2, -0.15) is 0 Å². The summed E-state index contributed by atoms with van der Waals surface area (Å²) in [4.78, 5) is 3.33. The first-order valence-corrected chi connectivity index (χ1v) is 10.6. The fourth-order valence-corrected chi connectivity index (χ4v) is 4.84. The molecule has 1 aliphatic heterocycles. The first-order valence-electron chi connectivity index (χ1n) is 7.81. The van der Waals surface area contributed by atoms with Crippen LogP contribution in [0.4, 0.5) is 15.2 Å². The zero-order chi connectivity index (χ0) is 17.9. The molecule has 1 fully saturated rings. The minimum Gasteiger partial charge on any atom is -0.383 e. The Hall–Kier alpha value is -1.42. The Bertz CT molecular complexity index is 824. The molecule has 1 atom stereocenters. The molecule has 0 amide bonds. The van der Waals surface area contributed by atoms with Gasteiger partial charge in [0.15, 0.2) is 5.13 Å². The molecule has 136 valence electrons. The average molecular weight is 405 g/mol. The summed E-state index contributed by atoms with van der Waals surface area (Å²) in [5.74, 6) is -0.430. The third-order valence-corrected chi connectivity index (χ3v) is 6.43. The highest BCUT2D eigenvalue weighted by molar-refractivity contribution is 7.93. The van der Waals surface area contributed by atoms with Crippen LogP contribution in [0.1, 0.15) is 12.8 Å². The van der Waals surface area contributed by atoms with Crippen molar-refractivity contribution in [1.29, 1.82) is 0 Å². The molecule has 10 heteroatoms. The fourth-order valence-electron chi connectivity index (χ4n) is 2.67. The number of rotatable bonds is 6. The van der Waals surface area contributed by atoms with Gasteiger partial charge in [0.1, 0.15) is 10.7 Å². The number of aromatic nitrogens is 1. The SMILES string of the molecule is O=S(=O)(Nc1nccs1)c1cc(Cl)c(NCC2CCCNC2)cc1F. The maximum Gasteiger partial charge on any atom is 0.266 e. The van der Waals surface area contributed by atoms with Crippen LogP contribution in [0.5, 0.6) is 0 Å². The van der Waals surface area contributed by atoms with Gasteiger partial charge in [-0.25, -0.2) is 17.8 Å². The van der Waals surface area contributed by atoms with Gasteiger partial charge in [-0.1, -0.05) is 11.6 Å². The number of nitrogens with one attached hydrogen (secondary N) is 3. The van der Waals surface area contributed by atoms with E-state index < -0.39 is 20.7 Å². The summed E-state index contributed by atoms with van der Waals surface area (Å²) in [6.07, 6.45) is 3.65. The van der Waals surface area contributed by atoms with Crippen LogP contribution >= 0.6 is 22.9 Å². The van der Waals surface area contributed by atoms with E-state index in [2.05, 4.69) is 20.3 Å². The maximum atomic E-state index is 14.4. The standard InChI is InChI=1S/C15H18ClFN4O2S2/c16-11-6-14(25(22,23)21-15-19-4-5-24-15)12(17)7-13(11)20-9-10-2-1-3-18-8-10/h4-7,10,18,20H,1-3,8-9H2,(H,19,21). The van der Waals surface area contributed by atoms with Crippen molar-refractivity contribution in [2.75, 3.05) is 29.7 Å². The first-order chi connectivity index (χ1) is 12.0. The van der Waals surface area contributed by atoms with Crippen molar-refractivity contribution in [2.24, 2.45) is 5.92 Å². The molecule has 2 heterocycles. The number of thiazole rings is 1. The van der Waals surface area contributed by atoms with Crippen molar-refractivity contribution in [3.8, 4) is 0 Å². The molecular weight excluding hydrogens is 387 g/mol. The third kappa shape index (κ3) is 4.60. The lowest BCUT2D eigenvalue weighted by Crippen LogP contribution is -2.33. The van der Waals surface area contributed by atoms with Crippen LogP contribution in [0.15, 0.2) is 28.6 Å². The molecule has 1 saturated heterocycles. The highest BCUT2D eigenvalue weighted by Crippen LogP contribution is 2.30. The monoisotopic (exact) mass is 404 g/mol. The second-order valence-electron chi connectivity index (χ2n) is 5.80. The van der Waals surface area contributed by atoms with Crippen LogP contribution in [-0.4, -0.2) is 33.0 Å². The summed E-state index contributed by atoms with van der Waals surface area (Å²) < 4.78 is 41.2. The number of sulfonamides is 1. The molecule has 1 aromatic heterocycles. The molecule has 0 radical (unpaired) electrons. The van der Waals surface area contributed by atoms with Crippen LogP contribution < -0.4 is 15.4 Å². The minimum absolute atomic E-state index is 0.157. The van der Waals surface area contributed by atoms with E-state index in [-0.39, 0.29) is 10.2 Å². The lowest BCUT2D eigenvalue weighted by Gasteiger charge is -2.23. The Kier molecular flexibility index (Phi) is 5.78. The molecule has 25 heavy (non-hydrogen) atoms. The van der Waals surface area contributed by atoms with Crippen LogP contribution in [0.2, 0.25) is 5.02 Å². The normalized spacial score (nSPS) is 18.1. The van der Waals surface area contributed by atoms with E-state index in [1.807, 2.05) is 0 Å². The minimum atomic E-state index is -4.09. The van der Waals surface area contributed by atoms with Gasteiger partial charge in [-0.15, -0.1) is 11.3 Å². The Morgan fingerprint density at radius 2 is 2.28 bits per heavy atom. The summed E-state index contributed by atoms with van der Waals surface area (Å²) in [6.45, 7) is 2.57. The van der Waals surface area contributed by atoms with Gasteiger partial charge in [-0.3, -0.25) is 4.72 Å². The van der Waals surface area contributed by atoms with E-state index in [0.717, 1.165) is 49.4 Å². The summed E-state index contributed by atoms with van der Waals surface area (Å²) in [7, 11) is -4.09. The van der Waals surface area contributed by atoms with Gasteiger partial charge in [-0.05, 0) is 44.0 Å². The molecule has 1 aliphatic rings. The first kappa shape index (κ1) is 18.4. The van der Waals surface area contributed by atoms with Crippen molar-refractivity contribution < 1.29 is 12.8 Å². The number of halogens is 2. The molecule has 1 unspecified atom stereocenters. The van der Waals surface area contributed by atoms with Crippen LogP contribution in [0, 0.1) is 11.7 Å². The van der Waals surface area contributed by atoms with E-state index in [0.29, 0.717) is 18.2 Å². The quantitative estimate of drug-likeness (QED) is 0.688. The van der Waals surface area contributed by atoms with Crippen LogP contribution in [0.25, 0.3) is 0 Å². The lowest BCUT2D eigenvalue weighted by molar-refractivity contribution is 0.393. The molecule has 1 aromatic carbocycles. The summed E-state index contributed by atoms with van der Waals surface area (Å²) >= 11 is 7.26. The molecule has 0 bridgehead atoms. The third-order valence-electron chi connectivity index (χ3n) is 3.95. The summed E-state index contributed by atoms with van der Waals surface area (Å²) in [6, 6.07) is 2.24. The zero-order valence-electron chi connectivity index (χ0n) is 13.3. The summed E-state index contributed by atoms with van der Waals surface area (Å²) in [5, 5.41) is 8.36. The molecule has 3 N–H and O–H groups in total. The topological polar surface area (TPSA) is 83.1 Å². The Morgan fingerprint density at radius 1 is 1.44 bits per heavy atom. The van der Waals surface area contributed by atoms with E-state index in [9.17, 15) is 12.8 Å². The Morgan fingerprint density at radius 3 is 2.96 bits per heavy atom. The number of nitrogens with zero attached hydrogens (tertiary/aromatic N) is 1. The second-order valence-corrected chi connectivity index (χ2v) is 8.75. The van der Waals surface area contributed by atoms with Gasteiger partial charge >= 0.3 is 0 Å². The van der Waals surface area contributed by atoms with Crippen molar-refractivity contribution in [3.63, 3.8) is 0 Å². The van der Waals surface area contributed by atoms with Gasteiger partial charge in [0.2, 0.25) is 0 Å². The molecule has 6 nitrogen and oxygen atoms in total. The molecule has 0 aliphatic carbocycles. The molecule has 3 rings (SSSR count).